The van der Waals surface area contributed by atoms with Gasteiger partial charge < -0.3 is 30.1 Å². The van der Waals surface area contributed by atoms with Gasteiger partial charge in [0.2, 0.25) is 0 Å². The lowest BCUT2D eigenvalue weighted by atomic mass is 9.99. The van der Waals surface area contributed by atoms with Crippen molar-refractivity contribution in [2.75, 3.05) is 46.6 Å². The van der Waals surface area contributed by atoms with E-state index in [1.165, 1.54) is 21.9 Å². The third kappa shape index (κ3) is 5.98. The Hall–Kier alpha value is -3.56. The molecule has 1 aliphatic rings. The van der Waals surface area contributed by atoms with Crippen LogP contribution in [-0.2, 0) is 16.0 Å². The summed E-state index contributed by atoms with van der Waals surface area (Å²) in [7, 11) is 1.70. The lowest BCUT2D eigenvalue weighted by molar-refractivity contribution is 0.109. The number of fused-ring (bicyclic) bond motifs is 2. The molecule has 36 heavy (non-hydrogen) atoms. The number of hydrogen-bond donors (Lipinski definition) is 4. The molecular formula is C28H32N6O2. The maximum absolute atomic E-state index is 5.05. The summed E-state index contributed by atoms with van der Waals surface area (Å²) in [4.78, 5) is 15.4. The number of imidazole rings is 2. The second-order valence-corrected chi connectivity index (χ2v) is 8.69. The van der Waals surface area contributed by atoms with E-state index < -0.39 is 0 Å². The Labute approximate surface area is 210 Å². The number of ether oxygens (including phenoxy) is 2. The highest BCUT2D eigenvalue weighted by Crippen LogP contribution is 2.29. The highest BCUT2D eigenvalue weighted by Gasteiger charge is 2.07. The van der Waals surface area contributed by atoms with E-state index in [-0.39, 0.29) is 0 Å². The van der Waals surface area contributed by atoms with E-state index in [0.717, 1.165) is 61.0 Å². The van der Waals surface area contributed by atoms with Crippen LogP contribution >= 0.6 is 0 Å². The van der Waals surface area contributed by atoms with Gasteiger partial charge in [-0.2, -0.15) is 0 Å². The van der Waals surface area contributed by atoms with Crippen LogP contribution < -0.4 is 10.6 Å². The molecule has 186 valence electrons. The van der Waals surface area contributed by atoms with Crippen molar-refractivity contribution in [3.8, 4) is 22.4 Å². The number of benzene rings is 3. The molecule has 8 nitrogen and oxygen atoms in total. The van der Waals surface area contributed by atoms with Crippen molar-refractivity contribution in [3.63, 3.8) is 0 Å². The zero-order valence-electron chi connectivity index (χ0n) is 20.5. The first kappa shape index (κ1) is 24.1. The molecule has 0 saturated carbocycles. The quantitative estimate of drug-likeness (QED) is 0.260. The predicted octanol–water partition coefficient (Wildman–Crippen LogP) is 4.12. The smallest absolute Gasteiger partial charge is 0.120 e. The van der Waals surface area contributed by atoms with Gasteiger partial charge in [0.1, 0.15) is 5.82 Å². The number of rotatable bonds is 7. The van der Waals surface area contributed by atoms with Crippen LogP contribution in [0.15, 0.2) is 67.1 Å². The zero-order valence-corrected chi connectivity index (χ0v) is 20.5. The van der Waals surface area contributed by atoms with Gasteiger partial charge in [-0.1, -0.05) is 30.3 Å². The van der Waals surface area contributed by atoms with Crippen LogP contribution in [0.25, 0.3) is 44.2 Å². The average Bonchev–Trinajstić information content (AvgIpc) is 3.61. The van der Waals surface area contributed by atoms with Crippen molar-refractivity contribution < 1.29 is 9.47 Å². The number of morpholine rings is 1. The molecule has 0 unspecified atom stereocenters. The van der Waals surface area contributed by atoms with Crippen molar-refractivity contribution in [2.24, 2.45) is 0 Å². The monoisotopic (exact) mass is 484 g/mol. The van der Waals surface area contributed by atoms with E-state index >= 15 is 0 Å². The minimum absolute atomic E-state index is 0.690. The van der Waals surface area contributed by atoms with Crippen LogP contribution in [0.2, 0.25) is 0 Å². The highest BCUT2D eigenvalue weighted by molar-refractivity contribution is 5.91. The average molecular weight is 485 g/mol. The third-order valence-corrected chi connectivity index (χ3v) is 6.16. The molecular weight excluding hydrogens is 452 g/mol. The van der Waals surface area contributed by atoms with Crippen LogP contribution in [0.5, 0.6) is 0 Å². The fourth-order valence-corrected chi connectivity index (χ4v) is 4.20. The van der Waals surface area contributed by atoms with E-state index in [1.54, 1.807) is 13.4 Å². The Balaban J connectivity index is 0.000000391. The molecule has 4 N–H and O–H groups in total. The number of nitrogens with zero attached hydrogens (tertiary/aromatic N) is 2. The Bertz CT molecular complexity index is 1390. The van der Waals surface area contributed by atoms with Crippen molar-refractivity contribution in [3.05, 3.63) is 72.9 Å². The summed E-state index contributed by atoms with van der Waals surface area (Å²) in [6.45, 7) is 6.02. The molecule has 3 aromatic carbocycles. The minimum atomic E-state index is 0.690. The zero-order chi connectivity index (χ0) is 24.6. The normalized spacial score (nSPS) is 13.6. The Morgan fingerprint density at radius 3 is 2.42 bits per heavy atom. The fraction of sp³-hybridized carbons (Fsp3) is 0.286. The lowest BCUT2D eigenvalue weighted by Crippen LogP contribution is -2.30. The first-order valence-corrected chi connectivity index (χ1v) is 12.3. The van der Waals surface area contributed by atoms with Crippen molar-refractivity contribution in [1.82, 2.24) is 30.6 Å². The molecule has 0 radical (unpaired) electrons. The summed E-state index contributed by atoms with van der Waals surface area (Å²) < 4.78 is 10.1. The molecule has 0 bridgehead atoms. The molecule has 0 spiro atoms. The lowest BCUT2D eigenvalue weighted by Gasteiger charge is -2.10. The van der Waals surface area contributed by atoms with Gasteiger partial charge in [-0.25, -0.2) is 9.97 Å². The van der Waals surface area contributed by atoms with Crippen LogP contribution in [0.4, 0.5) is 0 Å². The Morgan fingerprint density at radius 2 is 1.67 bits per heavy atom. The maximum atomic E-state index is 5.05. The standard InChI is InChI=1S/C24H23N5O.C4H9NO/c1-30-9-8-25-14-24-26-13-23(29-24)20-5-4-16-10-17(2-3-18(16)11-20)19-6-7-21-22(12-19)28-15-27-21;1-3-6-4-2-5-1/h2-7,10-13,15,25H,8-9,14H2,1H3,(H,26,29)(H,27,28);5H,1-4H2. The van der Waals surface area contributed by atoms with Gasteiger partial charge in [0, 0.05) is 32.3 Å². The van der Waals surface area contributed by atoms with E-state index in [4.69, 9.17) is 9.47 Å². The first-order valence-electron chi connectivity index (χ1n) is 12.3. The van der Waals surface area contributed by atoms with Crippen molar-refractivity contribution >= 4 is 21.8 Å². The second kappa shape index (κ2) is 11.9. The van der Waals surface area contributed by atoms with Crippen LogP contribution in [0, 0.1) is 0 Å². The van der Waals surface area contributed by atoms with E-state index in [0.29, 0.717) is 13.2 Å². The summed E-state index contributed by atoms with van der Waals surface area (Å²) >= 11 is 0. The Morgan fingerprint density at radius 1 is 0.917 bits per heavy atom. The molecule has 6 rings (SSSR count). The van der Waals surface area contributed by atoms with Crippen LogP contribution in [-0.4, -0.2) is 66.5 Å². The largest absolute Gasteiger partial charge is 0.383 e. The molecule has 0 atom stereocenters. The van der Waals surface area contributed by atoms with Gasteiger partial charge >= 0.3 is 0 Å². The van der Waals surface area contributed by atoms with Crippen molar-refractivity contribution in [2.45, 2.75) is 6.54 Å². The third-order valence-electron chi connectivity index (χ3n) is 6.16. The van der Waals surface area contributed by atoms with Gasteiger partial charge in [-0.05, 0) is 46.2 Å². The van der Waals surface area contributed by atoms with E-state index in [1.807, 2.05) is 6.20 Å². The van der Waals surface area contributed by atoms with Gasteiger partial charge in [0.25, 0.3) is 0 Å². The van der Waals surface area contributed by atoms with E-state index in [9.17, 15) is 0 Å². The van der Waals surface area contributed by atoms with Crippen LogP contribution in [0.3, 0.4) is 0 Å². The SMILES string of the molecule is C1COCCN1.COCCNCc1ncc(-c2ccc3cc(-c4ccc5nc[nH]c5c4)ccc3c2)[nH]1. The molecule has 1 aliphatic heterocycles. The molecule has 2 aromatic heterocycles. The molecule has 8 heteroatoms. The predicted molar refractivity (Wildman–Crippen MR) is 144 cm³/mol. The summed E-state index contributed by atoms with van der Waals surface area (Å²) in [5, 5.41) is 8.88. The van der Waals surface area contributed by atoms with Crippen LogP contribution in [0.1, 0.15) is 5.82 Å². The Kier molecular flexibility index (Phi) is 7.99. The summed E-state index contributed by atoms with van der Waals surface area (Å²) in [6, 6.07) is 19.4. The summed E-state index contributed by atoms with van der Waals surface area (Å²) in [6.07, 6.45) is 3.62. The maximum Gasteiger partial charge on any atom is 0.120 e. The van der Waals surface area contributed by atoms with Crippen molar-refractivity contribution in [1.29, 1.82) is 0 Å². The number of aromatic nitrogens is 4. The molecule has 0 amide bonds. The number of H-pyrrole nitrogens is 2. The highest BCUT2D eigenvalue weighted by atomic mass is 16.5. The molecule has 1 saturated heterocycles. The second-order valence-electron chi connectivity index (χ2n) is 8.69. The summed E-state index contributed by atoms with van der Waals surface area (Å²) in [5.74, 6) is 0.922. The first-order chi connectivity index (χ1) is 17.8. The van der Waals surface area contributed by atoms with E-state index in [2.05, 4.69) is 85.2 Å². The summed E-state index contributed by atoms with van der Waals surface area (Å²) in [5.41, 5.74) is 6.56. The topological polar surface area (TPSA) is 99.9 Å². The van der Waals surface area contributed by atoms with Gasteiger partial charge in [0.05, 0.1) is 55.6 Å². The number of methoxy groups -OCH3 is 1. The molecule has 5 aromatic rings. The number of nitrogens with one attached hydrogen (secondary N) is 4. The minimum Gasteiger partial charge on any atom is -0.383 e. The molecule has 0 aliphatic carbocycles. The molecule has 1 fully saturated rings. The molecule has 3 heterocycles. The fourth-order valence-electron chi connectivity index (χ4n) is 4.20. The number of aromatic amines is 2. The van der Waals surface area contributed by atoms with Gasteiger partial charge in [-0.3, -0.25) is 0 Å². The van der Waals surface area contributed by atoms with Gasteiger partial charge in [0.15, 0.2) is 0 Å². The number of hydrogen-bond acceptors (Lipinski definition) is 6. The van der Waals surface area contributed by atoms with Gasteiger partial charge in [-0.15, -0.1) is 0 Å².